The minimum atomic E-state index is -0.141. The van der Waals surface area contributed by atoms with Crippen LogP contribution in [0.3, 0.4) is 0 Å². The molecule has 8 aromatic rings. The van der Waals surface area contributed by atoms with Crippen LogP contribution in [0.4, 0.5) is 0 Å². The molecule has 0 spiro atoms. The summed E-state index contributed by atoms with van der Waals surface area (Å²) in [5.41, 5.74) is 10.0. The molecule has 4 aromatic heterocycles. The normalized spacial score (nSPS) is 12.8. The van der Waals surface area contributed by atoms with Crippen LogP contribution in [0.2, 0.25) is 0 Å². The number of rotatable bonds is 3. The summed E-state index contributed by atoms with van der Waals surface area (Å²) >= 11 is -0.141. The molecule has 4 nitrogen and oxygen atoms in total. The fourth-order valence-corrected chi connectivity index (χ4v) is 8.31. The van der Waals surface area contributed by atoms with Crippen molar-refractivity contribution in [3.8, 4) is 11.3 Å². The molecule has 46 heavy (non-hydrogen) atoms. The van der Waals surface area contributed by atoms with Gasteiger partial charge in [-0.1, -0.05) is 0 Å². The van der Waals surface area contributed by atoms with E-state index in [0.29, 0.717) is 0 Å². The van der Waals surface area contributed by atoms with Gasteiger partial charge < -0.3 is 0 Å². The quantitative estimate of drug-likeness (QED) is 0.176. The Morgan fingerprint density at radius 1 is 0.587 bits per heavy atom. The third-order valence-corrected chi connectivity index (χ3v) is 10.7. The number of nitrogens with zero attached hydrogens (tertiary/aromatic N) is 2. The molecule has 0 aliphatic rings. The summed E-state index contributed by atoms with van der Waals surface area (Å²) in [7, 11) is 0. The Bertz CT molecular complexity index is 2490. The van der Waals surface area contributed by atoms with E-state index in [0.717, 1.165) is 80.8 Å². The standard InChI is InChI=1S/C41H36N2O2Se/c1-23-18-33(46-34-22-27(41(5,6)7)21-30(42-34)25-13-10-14-26(19-25)40(2,3)4)43-37-29-20-24-12-8-9-15-28(24)39-35(29)36-31(44-38(23)37)16-11-17-32(36)45-39/h8-22H,1-7H3. The summed E-state index contributed by atoms with van der Waals surface area (Å²) in [6.07, 6.45) is 0. The molecule has 0 saturated heterocycles. The third kappa shape index (κ3) is 4.81. The number of aryl methyl sites for hydroxylation is 1. The zero-order valence-electron chi connectivity index (χ0n) is 27.3. The van der Waals surface area contributed by atoms with Gasteiger partial charge in [0, 0.05) is 0 Å². The molecule has 4 aromatic carbocycles. The third-order valence-electron chi connectivity index (χ3n) is 8.96. The van der Waals surface area contributed by atoms with E-state index in [1.165, 1.54) is 11.1 Å². The second-order valence-corrected chi connectivity index (χ2v) is 16.6. The molecule has 228 valence electrons. The second kappa shape index (κ2) is 10.3. The summed E-state index contributed by atoms with van der Waals surface area (Å²) < 4.78 is 15.3. The molecule has 0 bridgehead atoms. The first-order valence-corrected chi connectivity index (χ1v) is 17.5. The Morgan fingerprint density at radius 2 is 1.28 bits per heavy atom. The van der Waals surface area contributed by atoms with Gasteiger partial charge in [-0.05, 0) is 0 Å². The monoisotopic (exact) mass is 668 g/mol. The SMILES string of the molecule is Cc1cc([Se]c2cc(C(C)(C)C)cc(-c3cccc(C(C)(C)C)c3)n2)nc2c1oc1cccc3oc4c5ccccc5cc2c4c13. The Balaban J connectivity index is 1.35. The average molecular weight is 668 g/mol. The maximum atomic E-state index is 6.69. The summed E-state index contributed by atoms with van der Waals surface area (Å²) in [5.74, 6) is 0. The zero-order valence-corrected chi connectivity index (χ0v) is 29.0. The van der Waals surface area contributed by atoms with Crippen molar-refractivity contribution >= 4 is 78.9 Å². The van der Waals surface area contributed by atoms with Crippen LogP contribution in [0.25, 0.3) is 66.0 Å². The molecule has 5 heteroatoms. The molecule has 0 aliphatic carbocycles. The van der Waals surface area contributed by atoms with Crippen LogP contribution in [-0.2, 0) is 10.8 Å². The average Bonchev–Trinajstić information content (AvgIpc) is 3.35. The van der Waals surface area contributed by atoms with Crippen LogP contribution in [0.15, 0.2) is 99.8 Å². The van der Waals surface area contributed by atoms with Crippen molar-refractivity contribution in [2.75, 3.05) is 0 Å². The van der Waals surface area contributed by atoms with Crippen molar-refractivity contribution < 1.29 is 8.83 Å². The van der Waals surface area contributed by atoms with Gasteiger partial charge in [0.15, 0.2) is 0 Å². The molecule has 0 fully saturated rings. The number of hydrogen-bond acceptors (Lipinski definition) is 4. The molecule has 0 atom stereocenters. The summed E-state index contributed by atoms with van der Waals surface area (Å²) in [5, 5.41) is 5.33. The van der Waals surface area contributed by atoms with E-state index in [1.54, 1.807) is 0 Å². The molecule has 0 aliphatic heterocycles. The summed E-state index contributed by atoms with van der Waals surface area (Å²) in [6, 6.07) is 32.3. The van der Waals surface area contributed by atoms with E-state index < -0.39 is 0 Å². The molecule has 0 amide bonds. The van der Waals surface area contributed by atoms with Crippen molar-refractivity contribution in [1.29, 1.82) is 0 Å². The summed E-state index contributed by atoms with van der Waals surface area (Å²) in [6.45, 7) is 15.7. The molecule has 0 radical (unpaired) electrons. The topological polar surface area (TPSA) is 52.1 Å². The van der Waals surface area contributed by atoms with Crippen molar-refractivity contribution in [3.63, 3.8) is 0 Å². The van der Waals surface area contributed by atoms with E-state index in [9.17, 15) is 0 Å². The van der Waals surface area contributed by atoms with Gasteiger partial charge in [-0.15, -0.1) is 0 Å². The van der Waals surface area contributed by atoms with Gasteiger partial charge >= 0.3 is 276 Å². The van der Waals surface area contributed by atoms with Gasteiger partial charge in [0.1, 0.15) is 0 Å². The van der Waals surface area contributed by atoms with Crippen molar-refractivity contribution in [1.82, 2.24) is 9.97 Å². The van der Waals surface area contributed by atoms with Crippen LogP contribution < -0.4 is 9.18 Å². The number of furan rings is 1. The molecule has 4 heterocycles. The molecular weight excluding hydrogens is 631 g/mol. The number of hydrogen-bond donors (Lipinski definition) is 0. The Morgan fingerprint density at radius 3 is 2.04 bits per heavy atom. The molecule has 0 unspecified atom stereocenters. The first kappa shape index (κ1) is 29.0. The van der Waals surface area contributed by atoms with Crippen LogP contribution >= 0.6 is 0 Å². The van der Waals surface area contributed by atoms with Crippen LogP contribution in [-0.4, -0.2) is 24.9 Å². The first-order chi connectivity index (χ1) is 21.9. The van der Waals surface area contributed by atoms with Crippen molar-refractivity contribution in [2.45, 2.75) is 59.3 Å². The molecular formula is C41H36N2O2Se. The Hall–Kier alpha value is -4.44. The first-order valence-electron chi connectivity index (χ1n) is 15.8. The predicted octanol–water partition coefficient (Wildman–Crippen LogP) is 9.65. The van der Waals surface area contributed by atoms with Crippen LogP contribution in [0, 0.1) is 6.92 Å². The minimum absolute atomic E-state index is 0.0236. The predicted molar refractivity (Wildman–Crippen MR) is 193 cm³/mol. The van der Waals surface area contributed by atoms with E-state index >= 15 is 0 Å². The van der Waals surface area contributed by atoms with Gasteiger partial charge in [-0.3, -0.25) is 0 Å². The Kier molecular flexibility index (Phi) is 6.48. The zero-order chi connectivity index (χ0) is 32.0. The maximum absolute atomic E-state index is 6.69. The fourth-order valence-electron chi connectivity index (χ4n) is 6.39. The fraction of sp³-hybridized carbons (Fsp3) is 0.220. The van der Waals surface area contributed by atoms with E-state index in [1.807, 2.05) is 18.2 Å². The molecule has 0 saturated carbocycles. The van der Waals surface area contributed by atoms with Crippen LogP contribution in [0.1, 0.15) is 58.2 Å². The van der Waals surface area contributed by atoms with Crippen molar-refractivity contribution in [2.24, 2.45) is 0 Å². The number of aromatic nitrogens is 2. The van der Waals surface area contributed by atoms with Gasteiger partial charge in [-0.2, -0.15) is 0 Å². The number of pyridine rings is 2. The Labute approximate surface area is 275 Å². The van der Waals surface area contributed by atoms with E-state index in [2.05, 4.69) is 121 Å². The van der Waals surface area contributed by atoms with Gasteiger partial charge in [0.05, 0.1) is 0 Å². The van der Waals surface area contributed by atoms with Crippen molar-refractivity contribution in [3.05, 3.63) is 108 Å². The van der Waals surface area contributed by atoms with E-state index in [-0.39, 0.29) is 25.8 Å². The van der Waals surface area contributed by atoms with Gasteiger partial charge in [-0.25, -0.2) is 0 Å². The molecule has 0 N–H and O–H groups in total. The van der Waals surface area contributed by atoms with Crippen LogP contribution in [0.5, 0.6) is 0 Å². The molecule has 8 rings (SSSR count). The van der Waals surface area contributed by atoms with Gasteiger partial charge in [0.25, 0.3) is 0 Å². The second-order valence-electron chi connectivity index (χ2n) is 14.4. The number of fused-ring (bicyclic) bond motifs is 4. The summed E-state index contributed by atoms with van der Waals surface area (Å²) in [4.78, 5) is 10.6. The van der Waals surface area contributed by atoms with Gasteiger partial charge in [0.2, 0.25) is 0 Å². The number of benzene rings is 4. The van der Waals surface area contributed by atoms with E-state index in [4.69, 9.17) is 18.8 Å².